The minimum absolute atomic E-state index is 0.423. The molecule has 3 N–H and O–H groups in total. The van der Waals surface area contributed by atoms with Crippen molar-refractivity contribution in [3.63, 3.8) is 0 Å². The Morgan fingerprint density at radius 2 is 1.47 bits per heavy atom. The highest BCUT2D eigenvalue weighted by atomic mass is 14.5. The van der Waals surface area contributed by atoms with Gasteiger partial charge >= 0.3 is 0 Å². The van der Waals surface area contributed by atoms with Crippen LogP contribution >= 0.6 is 0 Å². The first kappa shape index (κ1) is 11.1. The standard InChI is InChI=1S/C15H14N2/c16-11-10-15(17)14-8-6-13(7-9-14)12-4-2-1-3-5-12/h1-11,17H,16H2. The maximum Gasteiger partial charge on any atom is 0.0626 e. The summed E-state index contributed by atoms with van der Waals surface area (Å²) in [6, 6.07) is 18.1. The molecule has 17 heavy (non-hydrogen) atoms. The second-order valence-electron chi connectivity index (χ2n) is 3.72. The molecule has 0 amide bonds. The Balaban J connectivity index is 2.28. The number of hydrogen-bond acceptors (Lipinski definition) is 2. The van der Waals surface area contributed by atoms with Gasteiger partial charge in [-0.05, 0) is 29.0 Å². The first-order valence-electron chi connectivity index (χ1n) is 5.44. The van der Waals surface area contributed by atoms with Gasteiger partial charge in [0.25, 0.3) is 0 Å². The van der Waals surface area contributed by atoms with Gasteiger partial charge in [-0.25, -0.2) is 0 Å². The normalized spacial score (nSPS) is 10.6. The first-order valence-corrected chi connectivity index (χ1v) is 5.44. The lowest BCUT2D eigenvalue weighted by molar-refractivity contribution is 1.48. The molecule has 0 saturated carbocycles. The number of rotatable bonds is 3. The summed E-state index contributed by atoms with van der Waals surface area (Å²) >= 11 is 0. The molecule has 84 valence electrons. The van der Waals surface area contributed by atoms with E-state index in [0.29, 0.717) is 5.71 Å². The SMILES string of the molecule is N=C(C=CN)c1ccc(-c2ccccc2)cc1. The summed E-state index contributed by atoms with van der Waals surface area (Å²) in [5.74, 6) is 0. The van der Waals surface area contributed by atoms with E-state index in [0.717, 1.165) is 11.1 Å². The summed E-state index contributed by atoms with van der Waals surface area (Å²) in [6.45, 7) is 0. The molecule has 0 aliphatic carbocycles. The second-order valence-corrected chi connectivity index (χ2v) is 3.72. The van der Waals surface area contributed by atoms with Gasteiger partial charge in [-0.15, -0.1) is 0 Å². The van der Waals surface area contributed by atoms with Crippen molar-refractivity contribution in [3.05, 3.63) is 72.4 Å². The fourth-order valence-corrected chi connectivity index (χ4v) is 1.67. The maximum absolute atomic E-state index is 7.74. The monoisotopic (exact) mass is 222 g/mol. The smallest absolute Gasteiger partial charge is 0.0626 e. The molecule has 2 heteroatoms. The summed E-state index contributed by atoms with van der Waals surface area (Å²) in [5, 5.41) is 7.74. The lowest BCUT2D eigenvalue weighted by Crippen LogP contribution is -1.95. The average molecular weight is 222 g/mol. The van der Waals surface area contributed by atoms with E-state index in [1.165, 1.54) is 11.8 Å². The minimum atomic E-state index is 0.423. The molecule has 0 heterocycles. The highest BCUT2D eigenvalue weighted by Gasteiger charge is 1.99. The van der Waals surface area contributed by atoms with Crippen LogP contribution in [0.25, 0.3) is 11.1 Å². The molecule has 0 aliphatic heterocycles. The molecule has 2 rings (SSSR count). The van der Waals surface area contributed by atoms with Gasteiger partial charge in [0.1, 0.15) is 0 Å². The van der Waals surface area contributed by atoms with Crippen LogP contribution in [0.1, 0.15) is 5.56 Å². The molecule has 0 bridgehead atoms. The Kier molecular flexibility index (Phi) is 3.36. The van der Waals surface area contributed by atoms with Crippen LogP contribution < -0.4 is 5.73 Å². The van der Waals surface area contributed by atoms with Gasteiger partial charge in [-0.1, -0.05) is 54.6 Å². The predicted molar refractivity (Wildman–Crippen MR) is 72.0 cm³/mol. The van der Waals surface area contributed by atoms with Gasteiger partial charge in [0, 0.05) is 0 Å². The molecule has 0 spiro atoms. The van der Waals surface area contributed by atoms with Crippen molar-refractivity contribution in [2.45, 2.75) is 0 Å². The number of nitrogens with two attached hydrogens (primary N) is 1. The van der Waals surface area contributed by atoms with Gasteiger partial charge in [0.15, 0.2) is 0 Å². The summed E-state index contributed by atoms with van der Waals surface area (Å²) in [4.78, 5) is 0. The van der Waals surface area contributed by atoms with Crippen LogP contribution in [-0.2, 0) is 0 Å². The van der Waals surface area contributed by atoms with Crippen LogP contribution in [0.3, 0.4) is 0 Å². The molecule has 0 fully saturated rings. The van der Waals surface area contributed by atoms with E-state index in [-0.39, 0.29) is 0 Å². The lowest BCUT2D eigenvalue weighted by Gasteiger charge is -2.03. The number of benzene rings is 2. The van der Waals surface area contributed by atoms with Crippen molar-refractivity contribution in [1.82, 2.24) is 0 Å². The zero-order chi connectivity index (χ0) is 12.1. The van der Waals surface area contributed by atoms with Crippen LogP contribution in [0.5, 0.6) is 0 Å². The van der Waals surface area contributed by atoms with Crippen LogP contribution in [0.15, 0.2) is 66.9 Å². The summed E-state index contributed by atoms with van der Waals surface area (Å²) in [7, 11) is 0. The molecule has 2 nitrogen and oxygen atoms in total. The van der Waals surface area contributed by atoms with Crippen LogP contribution in [-0.4, -0.2) is 5.71 Å². The fourth-order valence-electron chi connectivity index (χ4n) is 1.67. The Hall–Kier alpha value is -2.35. The van der Waals surface area contributed by atoms with E-state index in [1.54, 1.807) is 6.08 Å². The molecule has 0 saturated heterocycles. The van der Waals surface area contributed by atoms with E-state index in [9.17, 15) is 0 Å². The number of hydrogen-bond donors (Lipinski definition) is 2. The third-order valence-corrected chi connectivity index (χ3v) is 2.57. The minimum Gasteiger partial charge on any atom is -0.405 e. The van der Waals surface area contributed by atoms with Gasteiger partial charge in [0.2, 0.25) is 0 Å². The van der Waals surface area contributed by atoms with Crippen molar-refractivity contribution < 1.29 is 0 Å². The molecule has 0 radical (unpaired) electrons. The fraction of sp³-hybridized carbons (Fsp3) is 0. The Labute approximate surface area is 101 Å². The Morgan fingerprint density at radius 3 is 2.06 bits per heavy atom. The molecule has 0 unspecified atom stereocenters. The zero-order valence-electron chi connectivity index (χ0n) is 9.43. The summed E-state index contributed by atoms with van der Waals surface area (Å²) < 4.78 is 0. The summed E-state index contributed by atoms with van der Waals surface area (Å²) in [5.41, 5.74) is 8.89. The predicted octanol–water partition coefficient (Wildman–Crippen LogP) is 3.19. The van der Waals surface area contributed by atoms with Crippen LogP contribution in [0, 0.1) is 5.41 Å². The van der Waals surface area contributed by atoms with Gasteiger partial charge in [-0.2, -0.15) is 0 Å². The van der Waals surface area contributed by atoms with E-state index >= 15 is 0 Å². The molecule has 2 aromatic carbocycles. The van der Waals surface area contributed by atoms with Gasteiger partial charge in [-0.3, -0.25) is 0 Å². The average Bonchev–Trinajstić information content (AvgIpc) is 2.40. The van der Waals surface area contributed by atoms with E-state index in [4.69, 9.17) is 11.1 Å². The van der Waals surface area contributed by atoms with Crippen molar-refractivity contribution in [2.75, 3.05) is 0 Å². The van der Waals surface area contributed by atoms with Gasteiger partial charge in [0.05, 0.1) is 5.71 Å². The zero-order valence-corrected chi connectivity index (χ0v) is 9.43. The van der Waals surface area contributed by atoms with Crippen LogP contribution in [0.4, 0.5) is 0 Å². The van der Waals surface area contributed by atoms with Crippen LogP contribution in [0.2, 0.25) is 0 Å². The molecule has 0 aromatic heterocycles. The van der Waals surface area contributed by atoms with E-state index in [2.05, 4.69) is 12.1 Å². The van der Waals surface area contributed by atoms with Crippen molar-refractivity contribution in [2.24, 2.45) is 5.73 Å². The lowest BCUT2D eigenvalue weighted by atomic mass is 10.0. The number of allylic oxidation sites excluding steroid dienone is 1. The Bertz CT molecular complexity index is 525. The highest BCUT2D eigenvalue weighted by molar-refractivity contribution is 6.06. The third-order valence-electron chi connectivity index (χ3n) is 2.57. The third kappa shape index (κ3) is 2.61. The molecular formula is C15H14N2. The quantitative estimate of drug-likeness (QED) is 0.770. The number of nitrogens with one attached hydrogen (secondary N) is 1. The Morgan fingerprint density at radius 1 is 0.882 bits per heavy atom. The topological polar surface area (TPSA) is 49.9 Å². The highest BCUT2D eigenvalue weighted by Crippen LogP contribution is 2.19. The van der Waals surface area contributed by atoms with E-state index < -0.39 is 0 Å². The van der Waals surface area contributed by atoms with Crippen molar-refractivity contribution >= 4 is 5.71 Å². The molecular weight excluding hydrogens is 208 g/mol. The molecule has 0 aliphatic rings. The first-order chi connectivity index (χ1) is 8.31. The summed E-state index contributed by atoms with van der Waals surface area (Å²) in [6.07, 6.45) is 2.96. The maximum atomic E-state index is 7.74. The van der Waals surface area contributed by atoms with Crippen molar-refractivity contribution in [1.29, 1.82) is 5.41 Å². The van der Waals surface area contributed by atoms with E-state index in [1.807, 2.05) is 42.5 Å². The largest absolute Gasteiger partial charge is 0.405 e. The van der Waals surface area contributed by atoms with Gasteiger partial charge < -0.3 is 11.1 Å². The second kappa shape index (κ2) is 5.12. The molecule has 0 atom stereocenters. The van der Waals surface area contributed by atoms with Crippen molar-refractivity contribution in [3.8, 4) is 11.1 Å². The molecule has 2 aromatic rings.